The second kappa shape index (κ2) is 6.68. The van der Waals surface area contributed by atoms with Crippen LogP contribution in [0.3, 0.4) is 0 Å². The largest absolute Gasteiger partial charge is 0.279 e. The van der Waals surface area contributed by atoms with Crippen LogP contribution in [0.2, 0.25) is 0 Å². The summed E-state index contributed by atoms with van der Waals surface area (Å²) in [7, 11) is -1.78. The predicted molar refractivity (Wildman–Crippen MR) is 64.4 cm³/mol. The molecule has 1 unspecified atom stereocenters. The first-order chi connectivity index (χ1) is 6.81. The SMILES string of the molecule is CCC(Cl)CCNS(=O)(=O)N(C)C(C)C. The molecule has 0 saturated heterocycles. The Bertz CT molecular complexity index is 267. The average molecular weight is 257 g/mol. The molecular weight excluding hydrogens is 236 g/mol. The number of hydrogen-bond acceptors (Lipinski definition) is 2. The summed E-state index contributed by atoms with van der Waals surface area (Å²) in [6, 6.07) is -0.0412. The number of nitrogens with zero attached hydrogens (tertiary/aromatic N) is 1. The number of nitrogens with one attached hydrogen (secondary N) is 1. The van der Waals surface area contributed by atoms with Crippen molar-refractivity contribution in [3.05, 3.63) is 0 Å². The third kappa shape index (κ3) is 5.70. The quantitative estimate of drug-likeness (QED) is 0.703. The van der Waals surface area contributed by atoms with Crippen molar-refractivity contribution in [1.29, 1.82) is 0 Å². The van der Waals surface area contributed by atoms with Crippen molar-refractivity contribution in [3.8, 4) is 0 Å². The maximum atomic E-state index is 11.6. The minimum Gasteiger partial charge on any atom is -0.202 e. The zero-order valence-corrected chi connectivity index (χ0v) is 11.4. The van der Waals surface area contributed by atoms with Crippen LogP contribution in [0.25, 0.3) is 0 Å². The van der Waals surface area contributed by atoms with Crippen LogP contribution in [0.5, 0.6) is 0 Å². The fourth-order valence-corrected chi connectivity index (χ4v) is 2.17. The summed E-state index contributed by atoms with van der Waals surface area (Å²) >= 11 is 5.89. The van der Waals surface area contributed by atoms with Crippen molar-refractivity contribution in [2.24, 2.45) is 0 Å². The van der Waals surface area contributed by atoms with Crippen LogP contribution in [0.1, 0.15) is 33.6 Å². The van der Waals surface area contributed by atoms with Crippen molar-refractivity contribution in [2.75, 3.05) is 13.6 Å². The Kier molecular flexibility index (Phi) is 6.75. The summed E-state index contributed by atoms with van der Waals surface area (Å²) in [5, 5.41) is 0.0389. The van der Waals surface area contributed by atoms with Gasteiger partial charge in [0.25, 0.3) is 10.2 Å². The van der Waals surface area contributed by atoms with Gasteiger partial charge in [0.1, 0.15) is 0 Å². The van der Waals surface area contributed by atoms with E-state index in [-0.39, 0.29) is 11.4 Å². The fourth-order valence-electron chi connectivity index (χ4n) is 0.928. The van der Waals surface area contributed by atoms with Crippen molar-refractivity contribution in [2.45, 2.75) is 45.0 Å². The Balaban J connectivity index is 4.06. The smallest absolute Gasteiger partial charge is 0.202 e. The molecule has 0 aromatic carbocycles. The van der Waals surface area contributed by atoms with Gasteiger partial charge in [-0.2, -0.15) is 12.7 Å². The van der Waals surface area contributed by atoms with E-state index in [1.807, 2.05) is 20.8 Å². The van der Waals surface area contributed by atoms with Gasteiger partial charge in [0, 0.05) is 25.0 Å². The Hall–Kier alpha value is 0.160. The van der Waals surface area contributed by atoms with Gasteiger partial charge in [0.15, 0.2) is 0 Å². The highest BCUT2D eigenvalue weighted by atomic mass is 35.5. The van der Waals surface area contributed by atoms with Gasteiger partial charge in [0.05, 0.1) is 0 Å². The van der Waals surface area contributed by atoms with E-state index in [1.165, 1.54) is 4.31 Å². The van der Waals surface area contributed by atoms with Gasteiger partial charge in [-0.05, 0) is 26.7 Å². The zero-order valence-electron chi connectivity index (χ0n) is 9.83. The highest BCUT2D eigenvalue weighted by molar-refractivity contribution is 7.87. The summed E-state index contributed by atoms with van der Waals surface area (Å²) in [5.74, 6) is 0. The molecule has 0 rings (SSSR count). The van der Waals surface area contributed by atoms with Gasteiger partial charge < -0.3 is 0 Å². The normalized spacial score (nSPS) is 14.9. The van der Waals surface area contributed by atoms with Crippen molar-refractivity contribution in [1.82, 2.24) is 9.03 Å². The van der Waals surface area contributed by atoms with Gasteiger partial charge in [0.2, 0.25) is 0 Å². The molecule has 92 valence electrons. The molecule has 0 fully saturated rings. The lowest BCUT2D eigenvalue weighted by Gasteiger charge is -2.21. The topological polar surface area (TPSA) is 49.4 Å². The van der Waals surface area contributed by atoms with Crippen LogP contribution >= 0.6 is 11.6 Å². The van der Waals surface area contributed by atoms with Gasteiger partial charge in [-0.3, -0.25) is 0 Å². The molecule has 0 aliphatic rings. The van der Waals surface area contributed by atoms with E-state index in [9.17, 15) is 8.42 Å². The number of rotatable bonds is 7. The predicted octanol–water partition coefficient (Wildman–Crippen LogP) is 1.57. The maximum absolute atomic E-state index is 11.6. The lowest BCUT2D eigenvalue weighted by atomic mass is 10.2. The summed E-state index contributed by atoms with van der Waals surface area (Å²) in [6.07, 6.45) is 1.51. The van der Waals surface area contributed by atoms with E-state index in [0.29, 0.717) is 13.0 Å². The third-order valence-corrected chi connectivity index (χ3v) is 4.57. The van der Waals surface area contributed by atoms with E-state index >= 15 is 0 Å². The molecule has 0 radical (unpaired) electrons. The molecule has 0 saturated carbocycles. The Labute approximate surface area is 98.2 Å². The van der Waals surface area contributed by atoms with E-state index in [0.717, 1.165) is 6.42 Å². The van der Waals surface area contributed by atoms with Gasteiger partial charge >= 0.3 is 0 Å². The lowest BCUT2D eigenvalue weighted by molar-refractivity contribution is 0.402. The summed E-state index contributed by atoms with van der Waals surface area (Å²) < 4.78 is 27.1. The summed E-state index contributed by atoms with van der Waals surface area (Å²) in [4.78, 5) is 0. The van der Waals surface area contributed by atoms with Crippen LogP contribution < -0.4 is 4.72 Å². The first kappa shape index (κ1) is 15.2. The molecule has 1 N–H and O–H groups in total. The molecule has 1 atom stereocenters. The van der Waals surface area contributed by atoms with E-state index < -0.39 is 10.2 Å². The Morgan fingerprint density at radius 3 is 2.33 bits per heavy atom. The second-order valence-corrected chi connectivity index (χ2v) is 6.24. The standard InChI is InChI=1S/C9H21ClN2O2S/c1-5-9(10)6-7-11-15(13,14)12(4)8(2)3/h8-9,11H,5-7H2,1-4H3. The van der Waals surface area contributed by atoms with E-state index in [1.54, 1.807) is 7.05 Å². The molecular formula is C9H21ClN2O2S. The first-order valence-electron chi connectivity index (χ1n) is 5.18. The van der Waals surface area contributed by atoms with Crippen molar-refractivity contribution >= 4 is 21.8 Å². The average Bonchev–Trinajstić information content (AvgIpc) is 2.15. The molecule has 0 bridgehead atoms. The van der Waals surface area contributed by atoms with Crippen molar-refractivity contribution in [3.63, 3.8) is 0 Å². The highest BCUT2D eigenvalue weighted by Crippen LogP contribution is 2.06. The fraction of sp³-hybridized carbons (Fsp3) is 1.00. The Morgan fingerprint density at radius 2 is 1.93 bits per heavy atom. The molecule has 0 amide bonds. The number of alkyl halides is 1. The maximum Gasteiger partial charge on any atom is 0.279 e. The second-order valence-electron chi connectivity index (χ2n) is 3.80. The first-order valence-corrected chi connectivity index (χ1v) is 7.05. The molecule has 0 spiro atoms. The van der Waals surface area contributed by atoms with Gasteiger partial charge in [-0.25, -0.2) is 4.72 Å². The summed E-state index contributed by atoms with van der Waals surface area (Å²) in [5.41, 5.74) is 0. The van der Waals surface area contributed by atoms with Gasteiger partial charge in [-0.1, -0.05) is 6.92 Å². The minimum atomic E-state index is -3.34. The number of hydrogen-bond donors (Lipinski definition) is 1. The molecule has 4 nitrogen and oxygen atoms in total. The lowest BCUT2D eigenvalue weighted by Crippen LogP contribution is -2.42. The molecule has 6 heteroatoms. The van der Waals surface area contributed by atoms with Crippen LogP contribution in [0, 0.1) is 0 Å². The van der Waals surface area contributed by atoms with E-state index in [4.69, 9.17) is 11.6 Å². The van der Waals surface area contributed by atoms with E-state index in [2.05, 4.69) is 4.72 Å². The number of halogens is 1. The minimum absolute atomic E-state index is 0.0389. The Morgan fingerprint density at radius 1 is 1.40 bits per heavy atom. The van der Waals surface area contributed by atoms with Crippen LogP contribution in [0.4, 0.5) is 0 Å². The van der Waals surface area contributed by atoms with Crippen LogP contribution in [0.15, 0.2) is 0 Å². The zero-order chi connectivity index (χ0) is 12.1. The van der Waals surface area contributed by atoms with Crippen LogP contribution in [-0.4, -0.2) is 37.7 Å². The third-order valence-electron chi connectivity index (χ3n) is 2.29. The van der Waals surface area contributed by atoms with Crippen LogP contribution in [-0.2, 0) is 10.2 Å². The molecule has 15 heavy (non-hydrogen) atoms. The molecule has 0 aliphatic heterocycles. The summed E-state index contributed by atoms with van der Waals surface area (Å²) in [6.45, 7) is 6.03. The highest BCUT2D eigenvalue weighted by Gasteiger charge is 2.19. The molecule has 0 heterocycles. The monoisotopic (exact) mass is 256 g/mol. The molecule has 0 aliphatic carbocycles. The molecule has 0 aromatic rings. The van der Waals surface area contributed by atoms with Crippen molar-refractivity contribution < 1.29 is 8.42 Å². The van der Waals surface area contributed by atoms with Gasteiger partial charge in [-0.15, -0.1) is 11.6 Å². The molecule has 0 aromatic heterocycles.